The van der Waals surface area contributed by atoms with Crippen molar-refractivity contribution < 1.29 is 4.42 Å². The first-order valence-electron chi connectivity index (χ1n) is 12.0. The third-order valence-electron chi connectivity index (χ3n) is 5.96. The molecule has 0 aliphatic rings. The molecule has 0 fully saturated rings. The van der Waals surface area contributed by atoms with E-state index in [9.17, 15) is 0 Å². The number of nitrogens with one attached hydrogen (secondary N) is 3. The van der Waals surface area contributed by atoms with Crippen molar-refractivity contribution in [3.05, 3.63) is 73.7 Å². The van der Waals surface area contributed by atoms with Crippen LogP contribution >= 0.6 is 0 Å². The summed E-state index contributed by atoms with van der Waals surface area (Å²) in [4.78, 5) is 21.9. The minimum atomic E-state index is 0.144. The molecule has 0 aliphatic heterocycles. The molecule has 9 heteroatoms. The average molecular weight is 491 g/mol. The number of imidazole rings is 1. The molecule has 184 valence electrons. The Hall–Kier alpha value is -4.79. The minimum absolute atomic E-state index is 0.144. The average Bonchev–Trinajstić information content (AvgIpc) is 3.61. The van der Waals surface area contributed by atoms with Gasteiger partial charge in [0.25, 0.3) is 0 Å². The number of fused-ring (bicyclic) bond motifs is 2. The monoisotopic (exact) mass is 490 g/mol. The molecule has 0 amide bonds. The number of H-pyrrole nitrogens is 2. The van der Waals surface area contributed by atoms with E-state index in [0.717, 1.165) is 51.2 Å². The first-order chi connectivity index (χ1) is 17.8. The number of hydrogen-bond acceptors (Lipinski definition) is 7. The summed E-state index contributed by atoms with van der Waals surface area (Å²) < 4.78 is 5.26. The number of rotatable bonds is 6. The Morgan fingerprint density at radius 2 is 1.97 bits per heavy atom. The van der Waals surface area contributed by atoms with E-state index >= 15 is 0 Å². The fourth-order valence-electron chi connectivity index (χ4n) is 4.44. The number of furan rings is 1. The molecule has 6 aromatic rings. The summed E-state index contributed by atoms with van der Waals surface area (Å²) in [5, 5.41) is 11.0. The Balaban J connectivity index is 1.36. The fourth-order valence-corrected chi connectivity index (χ4v) is 4.44. The summed E-state index contributed by atoms with van der Waals surface area (Å²) in [5.74, 6) is 0.585. The van der Waals surface area contributed by atoms with Gasteiger partial charge in [0.1, 0.15) is 5.52 Å². The first kappa shape index (κ1) is 22.7. The van der Waals surface area contributed by atoms with Gasteiger partial charge in [-0.15, -0.1) is 0 Å². The molecule has 0 bridgehead atoms. The maximum Gasteiger partial charge on any atom is 0.178 e. The van der Waals surface area contributed by atoms with Crippen LogP contribution in [-0.4, -0.2) is 35.1 Å². The Bertz CT molecular complexity index is 1740. The highest BCUT2D eigenvalue weighted by atomic mass is 16.3. The molecule has 0 saturated heterocycles. The second-order valence-electron chi connectivity index (χ2n) is 10.2. The molecular formula is C28H26N8O. The van der Waals surface area contributed by atoms with E-state index in [2.05, 4.69) is 57.8 Å². The van der Waals surface area contributed by atoms with Gasteiger partial charge in [0, 0.05) is 34.8 Å². The number of nitrogens with zero attached hydrogens (tertiary/aromatic N) is 5. The summed E-state index contributed by atoms with van der Waals surface area (Å²) in [5.41, 5.74) is 9.06. The van der Waals surface area contributed by atoms with Crippen LogP contribution in [0.1, 0.15) is 27.2 Å². The highest BCUT2D eigenvalue weighted by Crippen LogP contribution is 2.32. The van der Waals surface area contributed by atoms with Crippen LogP contribution in [0.5, 0.6) is 0 Å². The quantitative estimate of drug-likeness (QED) is 0.241. The van der Waals surface area contributed by atoms with Gasteiger partial charge in [-0.2, -0.15) is 5.10 Å². The lowest BCUT2D eigenvalue weighted by Crippen LogP contribution is -2.10. The van der Waals surface area contributed by atoms with Gasteiger partial charge in [0.15, 0.2) is 17.2 Å². The van der Waals surface area contributed by atoms with E-state index in [0.29, 0.717) is 22.7 Å². The Morgan fingerprint density at radius 1 is 1.08 bits per heavy atom. The van der Waals surface area contributed by atoms with Gasteiger partial charge >= 0.3 is 0 Å². The van der Waals surface area contributed by atoms with Gasteiger partial charge in [0.05, 0.1) is 41.1 Å². The highest BCUT2D eigenvalue weighted by Gasteiger charge is 2.18. The van der Waals surface area contributed by atoms with E-state index < -0.39 is 0 Å². The summed E-state index contributed by atoms with van der Waals surface area (Å²) in [6.45, 7) is 10.7. The van der Waals surface area contributed by atoms with Gasteiger partial charge in [-0.1, -0.05) is 27.4 Å². The zero-order valence-corrected chi connectivity index (χ0v) is 20.8. The van der Waals surface area contributed by atoms with Gasteiger partial charge in [-0.25, -0.2) is 15.0 Å². The smallest absolute Gasteiger partial charge is 0.178 e. The van der Waals surface area contributed by atoms with E-state index in [1.54, 1.807) is 31.1 Å². The predicted octanol–water partition coefficient (Wildman–Crippen LogP) is 6.58. The minimum Gasteiger partial charge on any atom is -0.472 e. The number of hydrogen-bond donors (Lipinski definition) is 3. The van der Waals surface area contributed by atoms with Crippen LogP contribution in [0.3, 0.4) is 0 Å². The SMILES string of the molecule is C=C(CC(C)(C)C)Nc1cncc(-c2ccc3[nH]nc(-c4nc5nccc(-c6ccoc6)c5[nH]4)c3n2)c1. The van der Waals surface area contributed by atoms with Crippen molar-refractivity contribution in [1.82, 2.24) is 35.1 Å². The number of anilines is 1. The second-order valence-corrected chi connectivity index (χ2v) is 10.2. The Kier molecular flexibility index (Phi) is 5.33. The van der Waals surface area contributed by atoms with Crippen molar-refractivity contribution in [2.75, 3.05) is 5.32 Å². The molecule has 6 heterocycles. The molecule has 3 N–H and O–H groups in total. The Labute approximate surface area is 213 Å². The number of pyridine rings is 3. The second kappa shape index (κ2) is 8.70. The van der Waals surface area contributed by atoms with E-state index in [4.69, 9.17) is 14.4 Å². The van der Waals surface area contributed by atoms with E-state index in [1.807, 2.05) is 30.3 Å². The number of allylic oxidation sites excluding steroid dienone is 1. The molecule has 0 atom stereocenters. The maximum atomic E-state index is 5.26. The maximum absolute atomic E-state index is 5.26. The van der Waals surface area contributed by atoms with Gasteiger partial charge in [0.2, 0.25) is 0 Å². The summed E-state index contributed by atoms with van der Waals surface area (Å²) in [6.07, 6.45) is 9.52. The third-order valence-corrected chi connectivity index (χ3v) is 5.96. The molecule has 0 spiro atoms. The van der Waals surface area contributed by atoms with E-state index in [-0.39, 0.29) is 5.41 Å². The molecule has 9 nitrogen and oxygen atoms in total. The Morgan fingerprint density at radius 3 is 2.78 bits per heavy atom. The largest absolute Gasteiger partial charge is 0.472 e. The summed E-state index contributed by atoms with van der Waals surface area (Å²) in [6, 6.07) is 9.77. The lowest BCUT2D eigenvalue weighted by Gasteiger charge is -2.20. The van der Waals surface area contributed by atoms with Crippen LogP contribution in [0.15, 0.2) is 78.1 Å². The standard InChI is InChI=1S/C28H26N8O/c1-16(12-28(2,3)4)31-19-11-18(13-29-14-19)21-5-6-22-24(32-21)25(36-35-22)27-33-23-20(17-8-10-37-15-17)7-9-30-26(23)34-27/h5-11,13-15,31H,1,12H2,2-4H3,(H,35,36)(H,30,33,34). The van der Waals surface area contributed by atoms with Crippen LogP contribution in [-0.2, 0) is 0 Å². The van der Waals surface area contributed by atoms with Crippen LogP contribution in [0.4, 0.5) is 5.69 Å². The summed E-state index contributed by atoms with van der Waals surface area (Å²) >= 11 is 0. The van der Waals surface area contributed by atoms with Crippen LogP contribution in [0.2, 0.25) is 0 Å². The van der Waals surface area contributed by atoms with Crippen molar-refractivity contribution in [2.24, 2.45) is 5.41 Å². The predicted molar refractivity (Wildman–Crippen MR) is 145 cm³/mol. The molecule has 0 aliphatic carbocycles. The number of aromatic amines is 2. The van der Waals surface area contributed by atoms with Crippen molar-refractivity contribution in [2.45, 2.75) is 27.2 Å². The molecule has 6 rings (SSSR count). The highest BCUT2D eigenvalue weighted by molar-refractivity contribution is 5.94. The molecule has 37 heavy (non-hydrogen) atoms. The molecule has 6 aromatic heterocycles. The zero-order chi connectivity index (χ0) is 25.6. The topological polar surface area (TPSA) is 121 Å². The molecule has 0 unspecified atom stereocenters. The molecule has 0 aromatic carbocycles. The van der Waals surface area contributed by atoms with Crippen molar-refractivity contribution in [3.63, 3.8) is 0 Å². The van der Waals surface area contributed by atoms with Gasteiger partial charge in [-0.3, -0.25) is 10.1 Å². The van der Waals surface area contributed by atoms with E-state index in [1.165, 1.54) is 0 Å². The lowest BCUT2D eigenvalue weighted by atomic mass is 9.91. The molecule has 0 radical (unpaired) electrons. The fraction of sp³-hybridized carbons (Fsp3) is 0.179. The normalized spacial score (nSPS) is 11.9. The van der Waals surface area contributed by atoms with Gasteiger partial charge < -0.3 is 14.7 Å². The van der Waals surface area contributed by atoms with Crippen molar-refractivity contribution >= 4 is 27.9 Å². The van der Waals surface area contributed by atoms with Gasteiger partial charge in [-0.05, 0) is 42.2 Å². The van der Waals surface area contributed by atoms with Crippen LogP contribution in [0, 0.1) is 5.41 Å². The zero-order valence-electron chi connectivity index (χ0n) is 20.8. The summed E-state index contributed by atoms with van der Waals surface area (Å²) in [7, 11) is 0. The van der Waals surface area contributed by atoms with Crippen LogP contribution < -0.4 is 5.32 Å². The molecular weight excluding hydrogens is 464 g/mol. The molecule has 0 saturated carbocycles. The van der Waals surface area contributed by atoms with Crippen LogP contribution in [0.25, 0.3) is 56.1 Å². The first-order valence-corrected chi connectivity index (χ1v) is 12.0. The van der Waals surface area contributed by atoms with Crippen molar-refractivity contribution in [1.29, 1.82) is 0 Å². The lowest BCUT2D eigenvalue weighted by molar-refractivity contribution is 0.411. The number of aromatic nitrogens is 7. The van der Waals surface area contributed by atoms with Crippen molar-refractivity contribution in [3.8, 4) is 33.9 Å². The third kappa shape index (κ3) is 4.47.